The second-order valence-electron chi connectivity index (χ2n) is 7.16. The summed E-state index contributed by atoms with van der Waals surface area (Å²) in [7, 11) is 0. The van der Waals surface area contributed by atoms with Crippen LogP contribution in [0.1, 0.15) is 67.3 Å². The van der Waals surface area contributed by atoms with Crippen molar-refractivity contribution >= 4 is 17.5 Å². The third-order valence-corrected chi connectivity index (χ3v) is 5.22. The molecule has 140 valence electrons. The molecule has 1 aliphatic rings. The highest BCUT2D eigenvalue weighted by Gasteiger charge is 2.32. The van der Waals surface area contributed by atoms with Crippen molar-refractivity contribution in [2.75, 3.05) is 0 Å². The van der Waals surface area contributed by atoms with Gasteiger partial charge in [-0.15, -0.1) is 0 Å². The maximum atomic E-state index is 12.4. The van der Waals surface area contributed by atoms with Gasteiger partial charge in [-0.2, -0.15) is 0 Å². The largest absolute Gasteiger partial charge is 0.481 e. The molecule has 1 N–H and O–H groups in total. The van der Waals surface area contributed by atoms with Gasteiger partial charge in [0.15, 0.2) is 5.78 Å². The Morgan fingerprint density at radius 3 is 2.62 bits per heavy atom. The van der Waals surface area contributed by atoms with Crippen LogP contribution < -0.4 is 0 Å². The molecule has 0 amide bonds. The molecule has 0 heterocycles. The molecule has 2 rings (SSSR count). The Hall–Kier alpha value is -2.23. The first kappa shape index (κ1) is 20.1. The summed E-state index contributed by atoms with van der Waals surface area (Å²) < 4.78 is 0. The number of benzene rings is 1. The van der Waals surface area contributed by atoms with Crippen molar-refractivity contribution < 1.29 is 19.5 Å². The van der Waals surface area contributed by atoms with Crippen LogP contribution in [-0.4, -0.2) is 22.6 Å². The Morgan fingerprint density at radius 1 is 1.15 bits per heavy atom. The highest BCUT2D eigenvalue weighted by Crippen LogP contribution is 2.34. The minimum atomic E-state index is -0.750. The predicted molar refractivity (Wildman–Crippen MR) is 101 cm³/mol. The third kappa shape index (κ3) is 5.94. The van der Waals surface area contributed by atoms with Gasteiger partial charge in [0.05, 0.1) is 0 Å². The molecule has 2 unspecified atom stereocenters. The average Bonchev–Trinajstić information content (AvgIpc) is 2.96. The fourth-order valence-corrected chi connectivity index (χ4v) is 3.68. The number of rotatable bonds is 10. The summed E-state index contributed by atoms with van der Waals surface area (Å²) in [5.41, 5.74) is 1.67. The lowest BCUT2D eigenvalue weighted by atomic mass is 9.89. The van der Waals surface area contributed by atoms with Crippen LogP contribution >= 0.6 is 0 Å². The van der Waals surface area contributed by atoms with Crippen LogP contribution in [0.15, 0.2) is 36.4 Å². The quantitative estimate of drug-likeness (QED) is 0.373. The van der Waals surface area contributed by atoms with Crippen molar-refractivity contribution in [2.24, 2.45) is 11.8 Å². The molecule has 1 saturated carbocycles. The van der Waals surface area contributed by atoms with Crippen LogP contribution in [0.4, 0.5) is 0 Å². The van der Waals surface area contributed by atoms with Gasteiger partial charge in [0, 0.05) is 24.3 Å². The smallest absolute Gasteiger partial charge is 0.303 e. The topological polar surface area (TPSA) is 71.4 Å². The van der Waals surface area contributed by atoms with Gasteiger partial charge in [-0.25, -0.2) is 0 Å². The monoisotopic (exact) mass is 356 g/mol. The van der Waals surface area contributed by atoms with E-state index in [9.17, 15) is 14.4 Å². The van der Waals surface area contributed by atoms with Gasteiger partial charge >= 0.3 is 5.97 Å². The first-order chi connectivity index (χ1) is 12.5. The maximum absolute atomic E-state index is 12.4. The van der Waals surface area contributed by atoms with Gasteiger partial charge in [-0.3, -0.25) is 14.4 Å². The van der Waals surface area contributed by atoms with E-state index in [0.29, 0.717) is 24.2 Å². The van der Waals surface area contributed by atoms with Crippen LogP contribution in [0.5, 0.6) is 0 Å². The van der Waals surface area contributed by atoms with Gasteiger partial charge in [-0.05, 0) is 43.7 Å². The normalized spacial score (nSPS) is 20.0. The first-order valence-electron chi connectivity index (χ1n) is 9.51. The number of aliphatic carboxylic acids is 1. The molecule has 0 radical (unpaired) electrons. The molecule has 4 nitrogen and oxygen atoms in total. The Labute approximate surface area is 155 Å². The Morgan fingerprint density at radius 2 is 1.88 bits per heavy atom. The number of hydrogen-bond donors (Lipinski definition) is 1. The minimum absolute atomic E-state index is 0.00475. The van der Waals surface area contributed by atoms with Crippen LogP contribution in [0, 0.1) is 18.8 Å². The van der Waals surface area contributed by atoms with Gasteiger partial charge in [0.25, 0.3) is 0 Å². The van der Waals surface area contributed by atoms with E-state index in [1.165, 1.54) is 0 Å². The number of carboxylic acid groups (broad SMARTS) is 1. The fourth-order valence-electron chi connectivity index (χ4n) is 3.68. The lowest BCUT2D eigenvalue weighted by molar-refractivity contribution is -0.137. The van der Waals surface area contributed by atoms with Crippen LogP contribution in [-0.2, 0) is 9.59 Å². The van der Waals surface area contributed by atoms with E-state index in [1.807, 2.05) is 37.3 Å². The Balaban J connectivity index is 1.84. The summed E-state index contributed by atoms with van der Waals surface area (Å²) in [5, 5.41) is 8.64. The molecule has 2 atom stereocenters. The molecule has 1 aliphatic carbocycles. The molecule has 0 bridgehead atoms. The summed E-state index contributed by atoms with van der Waals surface area (Å²) >= 11 is 0. The first-order valence-corrected chi connectivity index (χ1v) is 9.51. The highest BCUT2D eigenvalue weighted by molar-refractivity contribution is 6.05. The number of unbranched alkanes of at least 4 members (excludes halogenated alkanes) is 3. The average molecular weight is 356 g/mol. The Bertz CT molecular complexity index is 674. The molecular formula is C22H28O4. The molecule has 0 aromatic heterocycles. The molecule has 1 fully saturated rings. The molecule has 1 aromatic rings. The number of carbonyl (C=O) groups is 3. The standard InChI is InChI=1S/C22H28O4/c1-16-8-6-7-9-18(16)20(23)14-12-17-13-15-21(24)19(17)10-4-2-3-5-11-22(25)26/h6-9,12,14,17,19H,2-5,10-11,13,15H2,1H3,(H,25,26)/b14-12+. The second-order valence-corrected chi connectivity index (χ2v) is 7.16. The summed E-state index contributed by atoms with van der Waals surface area (Å²) in [6.45, 7) is 1.92. The number of Topliss-reactive ketones (excluding diaryl/α,β-unsaturated/α-hetero) is 1. The zero-order valence-corrected chi connectivity index (χ0v) is 15.4. The third-order valence-electron chi connectivity index (χ3n) is 5.22. The van der Waals surface area contributed by atoms with Crippen molar-refractivity contribution in [1.29, 1.82) is 0 Å². The minimum Gasteiger partial charge on any atom is -0.481 e. The zero-order chi connectivity index (χ0) is 18.9. The van der Waals surface area contributed by atoms with Gasteiger partial charge in [0.2, 0.25) is 0 Å². The molecular weight excluding hydrogens is 328 g/mol. The van der Waals surface area contributed by atoms with E-state index < -0.39 is 5.97 Å². The van der Waals surface area contributed by atoms with E-state index in [4.69, 9.17) is 5.11 Å². The number of ketones is 2. The maximum Gasteiger partial charge on any atom is 0.303 e. The lowest BCUT2D eigenvalue weighted by Gasteiger charge is -2.14. The van der Waals surface area contributed by atoms with Crippen LogP contribution in [0.25, 0.3) is 0 Å². The molecule has 0 saturated heterocycles. The van der Waals surface area contributed by atoms with Crippen molar-refractivity contribution in [2.45, 2.75) is 58.3 Å². The van der Waals surface area contributed by atoms with Gasteiger partial charge in [0.1, 0.15) is 5.78 Å². The van der Waals surface area contributed by atoms with Crippen molar-refractivity contribution in [3.63, 3.8) is 0 Å². The lowest BCUT2D eigenvalue weighted by Crippen LogP contribution is -2.13. The van der Waals surface area contributed by atoms with E-state index in [2.05, 4.69) is 0 Å². The molecule has 26 heavy (non-hydrogen) atoms. The van der Waals surface area contributed by atoms with Gasteiger partial charge < -0.3 is 5.11 Å². The van der Waals surface area contributed by atoms with Crippen molar-refractivity contribution in [1.82, 2.24) is 0 Å². The van der Waals surface area contributed by atoms with E-state index >= 15 is 0 Å². The fraction of sp³-hybridized carbons (Fsp3) is 0.500. The van der Waals surface area contributed by atoms with E-state index in [1.54, 1.807) is 6.08 Å². The number of hydrogen-bond acceptors (Lipinski definition) is 3. The zero-order valence-electron chi connectivity index (χ0n) is 15.4. The van der Waals surface area contributed by atoms with Crippen LogP contribution in [0.2, 0.25) is 0 Å². The Kier molecular flexibility index (Phi) is 7.76. The molecule has 0 aliphatic heterocycles. The summed E-state index contributed by atoms with van der Waals surface area (Å²) in [4.78, 5) is 35.0. The summed E-state index contributed by atoms with van der Waals surface area (Å²) in [6.07, 6.45) is 9.50. The highest BCUT2D eigenvalue weighted by atomic mass is 16.4. The van der Waals surface area contributed by atoms with Crippen molar-refractivity contribution in [3.05, 3.63) is 47.5 Å². The summed E-state index contributed by atoms with van der Waals surface area (Å²) in [6, 6.07) is 7.53. The number of carboxylic acids is 1. The number of carbonyl (C=O) groups excluding carboxylic acids is 2. The van der Waals surface area contributed by atoms with Crippen LogP contribution in [0.3, 0.4) is 0 Å². The van der Waals surface area contributed by atoms with Crippen molar-refractivity contribution in [3.8, 4) is 0 Å². The molecule has 1 aromatic carbocycles. The van der Waals surface area contributed by atoms with E-state index in [-0.39, 0.29) is 24.0 Å². The second kappa shape index (κ2) is 10.0. The number of allylic oxidation sites excluding steroid dienone is 2. The van der Waals surface area contributed by atoms with E-state index in [0.717, 1.165) is 37.7 Å². The molecule has 0 spiro atoms. The van der Waals surface area contributed by atoms with Gasteiger partial charge in [-0.1, -0.05) is 49.6 Å². The molecule has 4 heteroatoms. The predicted octanol–water partition coefficient (Wildman–Crippen LogP) is 4.75. The SMILES string of the molecule is Cc1ccccc1C(=O)/C=C/C1CCC(=O)C1CCCCCCC(=O)O. The summed E-state index contributed by atoms with van der Waals surface area (Å²) in [5.74, 6) is -0.298. The number of aryl methyl sites for hydroxylation is 1.